The van der Waals surface area contributed by atoms with E-state index in [0.29, 0.717) is 5.75 Å². The zero-order valence-electron chi connectivity index (χ0n) is 20.3. The molecule has 0 radical (unpaired) electrons. The van der Waals surface area contributed by atoms with E-state index in [1.165, 1.54) is 12.1 Å². The largest absolute Gasteiger partial charge is 0.573 e. The van der Waals surface area contributed by atoms with Crippen molar-refractivity contribution < 1.29 is 23.0 Å². The lowest BCUT2D eigenvalue weighted by atomic mass is 9.77. The highest BCUT2D eigenvalue weighted by atomic mass is 19.4. The molecule has 0 bridgehead atoms. The van der Waals surface area contributed by atoms with Gasteiger partial charge >= 0.3 is 6.36 Å². The number of phenolic OH excluding ortho intramolecular Hbond substituents is 1. The number of ether oxygens (including phenoxy) is 1. The third-order valence-corrected chi connectivity index (χ3v) is 6.01. The Balaban J connectivity index is 2.15. The topological polar surface area (TPSA) is 44.7 Å². The van der Waals surface area contributed by atoms with Crippen molar-refractivity contribution in [2.45, 2.75) is 64.8 Å². The summed E-state index contributed by atoms with van der Waals surface area (Å²) in [5.41, 5.74) is 3.08. The Morgan fingerprint density at radius 2 is 1.33 bits per heavy atom. The van der Waals surface area contributed by atoms with Crippen LogP contribution in [0.3, 0.4) is 0 Å². The molecule has 0 aromatic heterocycles. The van der Waals surface area contributed by atoms with Crippen molar-refractivity contribution in [3.8, 4) is 11.5 Å². The third-order valence-electron chi connectivity index (χ3n) is 6.01. The molecule has 182 valence electrons. The van der Waals surface area contributed by atoms with E-state index >= 15 is 0 Å². The summed E-state index contributed by atoms with van der Waals surface area (Å²) in [7, 11) is 0. The first kappa shape index (κ1) is 25.4. The van der Waals surface area contributed by atoms with E-state index in [1.54, 1.807) is 12.1 Å². The van der Waals surface area contributed by atoms with Crippen LogP contribution in [0.25, 0.3) is 0 Å². The predicted octanol–water partition coefficient (Wildman–Crippen LogP) is 5.88. The first-order valence-corrected chi connectivity index (χ1v) is 11.3. The molecule has 2 N–H and O–H groups in total. The number of aromatic hydroxyl groups is 1. The fourth-order valence-corrected chi connectivity index (χ4v) is 4.36. The van der Waals surface area contributed by atoms with Gasteiger partial charge in [-0.2, -0.15) is 0 Å². The smallest absolute Gasteiger partial charge is 0.507 e. The van der Waals surface area contributed by atoms with Crippen molar-refractivity contribution in [2.24, 2.45) is 0 Å². The number of hydrogen-bond donors (Lipinski definition) is 2. The molecule has 3 rings (SSSR count). The van der Waals surface area contributed by atoms with Gasteiger partial charge in [-0.15, -0.1) is 13.2 Å². The molecule has 33 heavy (non-hydrogen) atoms. The molecule has 1 fully saturated rings. The molecule has 7 heteroatoms. The van der Waals surface area contributed by atoms with Crippen molar-refractivity contribution in [3.63, 3.8) is 0 Å². The second kappa shape index (κ2) is 9.18. The highest BCUT2D eigenvalue weighted by molar-refractivity contribution is 5.52. The normalized spacial score (nSPS) is 17.1. The van der Waals surface area contributed by atoms with Gasteiger partial charge in [-0.3, -0.25) is 4.90 Å². The van der Waals surface area contributed by atoms with Gasteiger partial charge < -0.3 is 15.2 Å². The monoisotopic (exact) mass is 464 g/mol. The minimum absolute atomic E-state index is 0.158. The number of nitrogens with one attached hydrogen (secondary N) is 1. The highest BCUT2D eigenvalue weighted by Crippen LogP contribution is 2.43. The third kappa shape index (κ3) is 6.21. The van der Waals surface area contributed by atoms with Gasteiger partial charge in [0.1, 0.15) is 11.5 Å². The number of halogens is 3. The SMILES string of the molecule is CC(C)(C)c1cc([C@H](c2ccc(OC(F)(F)F)cc2)N2CCNCC2)cc(C(C)(C)C)c1O. The Morgan fingerprint density at radius 3 is 1.76 bits per heavy atom. The van der Waals surface area contributed by atoms with E-state index in [0.717, 1.165) is 48.4 Å². The average Bonchev–Trinajstić information content (AvgIpc) is 2.68. The summed E-state index contributed by atoms with van der Waals surface area (Å²) < 4.78 is 42.0. The number of hydrogen-bond acceptors (Lipinski definition) is 4. The second-order valence-corrected chi connectivity index (χ2v) is 10.8. The van der Waals surface area contributed by atoms with Gasteiger partial charge in [-0.05, 0) is 57.3 Å². The predicted molar refractivity (Wildman–Crippen MR) is 125 cm³/mol. The lowest BCUT2D eigenvalue weighted by molar-refractivity contribution is -0.274. The molecule has 1 aliphatic rings. The van der Waals surface area contributed by atoms with Crippen LogP contribution in [0.4, 0.5) is 13.2 Å². The zero-order chi connectivity index (χ0) is 24.6. The Hall–Kier alpha value is -2.25. The van der Waals surface area contributed by atoms with E-state index in [9.17, 15) is 18.3 Å². The van der Waals surface area contributed by atoms with Crippen LogP contribution >= 0.6 is 0 Å². The quantitative estimate of drug-likeness (QED) is 0.593. The number of benzene rings is 2. The van der Waals surface area contributed by atoms with E-state index in [4.69, 9.17) is 0 Å². The second-order valence-electron chi connectivity index (χ2n) is 10.8. The molecule has 0 saturated carbocycles. The molecule has 1 atom stereocenters. The number of piperazine rings is 1. The van der Waals surface area contributed by atoms with E-state index < -0.39 is 6.36 Å². The summed E-state index contributed by atoms with van der Waals surface area (Å²) in [5.74, 6) is 0.0773. The fraction of sp³-hybridized carbons (Fsp3) is 0.538. The van der Waals surface area contributed by atoms with Gasteiger partial charge in [0.25, 0.3) is 0 Å². The molecular formula is C26H35F3N2O2. The molecule has 4 nitrogen and oxygen atoms in total. The minimum atomic E-state index is -4.72. The lowest BCUT2D eigenvalue weighted by Crippen LogP contribution is -2.45. The maximum absolute atomic E-state index is 12.6. The molecule has 1 saturated heterocycles. The molecule has 0 amide bonds. The van der Waals surface area contributed by atoms with Crippen LogP contribution in [0, 0.1) is 0 Å². The Kier molecular flexibility index (Phi) is 7.06. The Morgan fingerprint density at radius 1 is 0.848 bits per heavy atom. The van der Waals surface area contributed by atoms with Crippen molar-refractivity contribution in [1.29, 1.82) is 0 Å². The summed E-state index contributed by atoms with van der Waals surface area (Å²) in [5, 5.41) is 14.5. The van der Waals surface area contributed by atoms with Gasteiger partial charge in [0.05, 0.1) is 6.04 Å². The maximum atomic E-state index is 12.6. The molecule has 0 unspecified atom stereocenters. The van der Waals surface area contributed by atoms with E-state index in [-0.39, 0.29) is 22.6 Å². The summed E-state index contributed by atoms with van der Waals surface area (Å²) in [6.45, 7) is 15.7. The van der Waals surface area contributed by atoms with Gasteiger partial charge in [-0.1, -0.05) is 53.7 Å². The van der Waals surface area contributed by atoms with Crippen LogP contribution in [0.15, 0.2) is 36.4 Å². The number of alkyl halides is 3. The van der Waals surface area contributed by atoms with Gasteiger partial charge in [0.15, 0.2) is 0 Å². The zero-order valence-corrected chi connectivity index (χ0v) is 20.3. The van der Waals surface area contributed by atoms with Crippen LogP contribution in [-0.4, -0.2) is 42.5 Å². The van der Waals surface area contributed by atoms with Crippen LogP contribution < -0.4 is 10.1 Å². The average molecular weight is 465 g/mol. The fourth-order valence-electron chi connectivity index (χ4n) is 4.36. The molecule has 2 aromatic carbocycles. The first-order valence-electron chi connectivity index (χ1n) is 11.3. The Bertz CT molecular complexity index is 916. The molecule has 2 aromatic rings. The van der Waals surface area contributed by atoms with Crippen LogP contribution in [0.5, 0.6) is 11.5 Å². The summed E-state index contributed by atoms with van der Waals surface area (Å²) in [6, 6.07) is 10.1. The van der Waals surface area contributed by atoms with Crippen molar-refractivity contribution in [2.75, 3.05) is 26.2 Å². The molecule has 1 heterocycles. The van der Waals surface area contributed by atoms with Crippen LogP contribution in [0.1, 0.15) is 69.8 Å². The number of nitrogens with zero attached hydrogens (tertiary/aromatic N) is 1. The molecule has 0 aliphatic carbocycles. The Labute approximate surface area is 194 Å². The molecule has 0 spiro atoms. The number of rotatable bonds is 4. The van der Waals surface area contributed by atoms with Gasteiger partial charge in [-0.25, -0.2) is 0 Å². The lowest BCUT2D eigenvalue weighted by Gasteiger charge is -2.37. The first-order chi connectivity index (χ1) is 15.2. The van der Waals surface area contributed by atoms with Crippen molar-refractivity contribution in [3.05, 3.63) is 58.7 Å². The summed E-state index contributed by atoms with van der Waals surface area (Å²) in [6.07, 6.45) is -4.72. The van der Waals surface area contributed by atoms with Crippen LogP contribution in [-0.2, 0) is 10.8 Å². The van der Waals surface area contributed by atoms with Gasteiger partial charge in [0.2, 0.25) is 0 Å². The number of phenols is 1. The minimum Gasteiger partial charge on any atom is -0.507 e. The van der Waals surface area contributed by atoms with E-state index in [1.807, 2.05) is 0 Å². The molecule has 1 aliphatic heterocycles. The summed E-state index contributed by atoms with van der Waals surface area (Å²) >= 11 is 0. The summed E-state index contributed by atoms with van der Waals surface area (Å²) in [4.78, 5) is 2.33. The van der Waals surface area contributed by atoms with Crippen molar-refractivity contribution >= 4 is 0 Å². The highest BCUT2D eigenvalue weighted by Gasteiger charge is 2.33. The van der Waals surface area contributed by atoms with Crippen LogP contribution in [0.2, 0.25) is 0 Å². The maximum Gasteiger partial charge on any atom is 0.573 e. The standard InChI is InChI=1S/C26H35F3N2O2/c1-24(2,3)20-15-18(16-21(23(20)32)25(4,5)6)22(31-13-11-30-12-14-31)17-7-9-19(10-8-17)33-26(27,28)29/h7-10,15-16,22,30,32H,11-14H2,1-6H3/t22-/m0/s1. The van der Waals surface area contributed by atoms with Gasteiger partial charge in [0, 0.05) is 26.2 Å². The molecular weight excluding hydrogens is 429 g/mol. The van der Waals surface area contributed by atoms with Crippen molar-refractivity contribution in [1.82, 2.24) is 10.2 Å². The van der Waals surface area contributed by atoms with E-state index in [2.05, 4.69) is 68.6 Å².